The summed E-state index contributed by atoms with van der Waals surface area (Å²) in [6, 6.07) is 5.65. The molecule has 2 aromatic heterocycles. The van der Waals surface area contributed by atoms with Gasteiger partial charge in [-0.2, -0.15) is 9.97 Å². The summed E-state index contributed by atoms with van der Waals surface area (Å²) in [4.78, 5) is 26.8. The van der Waals surface area contributed by atoms with E-state index in [1.54, 1.807) is 6.92 Å². The number of nitrogens with zero attached hydrogens (tertiary/aromatic N) is 4. The van der Waals surface area contributed by atoms with Gasteiger partial charge in [-0.1, -0.05) is 13.0 Å². The van der Waals surface area contributed by atoms with Crippen molar-refractivity contribution < 1.29 is 32.9 Å². The van der Waals surface area contributed by atoms with Crippen molar-refractivity contribution in [2.45, 2.75) is 57.2 Å². The normalized spacial score (nSPS) is 24.6. The Labute approximate surface area is 257 Å². The van der Waals surface area contributed by atoms with Gasteiger partial charge in [0.1, 0.15) is 41.4 Å². The number of aryl methyl sites for hydroxylation is 1. The number of carboxylic acids is 1. The zero-order chi connectivity index (χ0) is 31.5. The third kappa shape index (κ3) is 5.18. The molecule has 2 saturated heterocycles. The summed E-state index contributed by atoms with van der Waals surface area (Å²) in [6.07, 6.45) is 3.94. The van der Waals surface area contributed by atoms with Crippen molar-refractivity contribution in [3.63, 3.8) is 0 Å². The zero-order valence-electron chi connectivity index (χ0n) is 24.8. The first-order chi connectivity index (χ1) is 21.7. The van der Waals surface area contributed by atoms with Crippen molar-refractivity contribution in [2.24, 2.45) is 11.8 Å². The van der Waals surface area contributed by atoms with Crippen LogP contribution in [0.15, 0.2) is 30.5 Å². The number of carboxylic acid groups (broad SMARTS) is 1. The number of ether oxygens (including phenoxy) is 1. The summed E-state index contributed by atoms with van der Waals surface area (Å²) in [5.74, 6) is -2.17. The molecule has 45 heavy (non-hydrogen) atoms. The van der Waals surface area contributed by atoms with E-state index in [4.69, 9.17) is 4.74 Å². The highest BCUT2D eigenvalue weighted by Gasteiger charge is 2.49. The molecule has 236 valence electrons. The fourth-order valence-corrected chi connectivity index (χ4v) is 7.45. The molecule has 2 aromatic carbocycles. The fraction of sp³-hybridized carbons (Fsp3) is 0.455. The van der Waals surface area contributed by atoms with Gasteiger partial charge in [-0.3, -0.25) is 14.7 Å². The number of phenolic OH excluding ortho intramolecular Hbond substituents is 1. The number of alkyl halides is 1. The topological polar surface area (TPSA) is 121 Å². The van der Waals surface area contributed by atoms with Crippen LogP contribution in [0.25, 0.3) is 32.9 Å². The molecular formula is C33H34F3N5O4. The van der Waals surface area contributed by atoms with Gasteiger partial charge in [-0.05, 0) is 79.1 Å². The summed E-state index contributed by atoms with van der Waals surface area (Å²) >= 11 is 0. The molecule has 2 atom stereocenters. The van der Waals surface area contributed by atoms with Crippen LogP contribution in [0.2, 0.25) is 0 Å². The molecule has 3 fully saturated rings. The quantitative estimate of drug-likeness (QED) is 0.211. The van der Waals surface area contributed by atoms with E-state index < -0.39 is 29.3 Å². The standard InChI is InChI=1S/C33H34F3N5O4/c1-2-22-25(35)5-4-18-10-21(42)11-23(26(18)22)28-27(36)29-24(14-37-28)30(38-13-17-8-19(9-17)31(43)44)40-32(39-29)45-16-33-6-3-7-41(33)15-20(34)12-33/h4-5,10-11,14,17,19-20,42H,2-3,6-9,12-13,15-16H2,1H3,(H,43,44)(H,38,39,40)/t17?,19?,20-,33+/m1/s1. The van der Waals surface area contributed by atoms with E-state index in [0.717, 1.165) is 19.4 Å². The molecule has 4 aromatic rings. The lowest BCUT2D eigenvalue weighted by Crippen LogP contribution is -2.43. The second-order valence-electron chi connectivity index (χ2n) is 12.6. The Morgan fingerprint density at radius 1 is 1.22 bits per heavy atom. The van der Waals surface area contributed by atoms with Crippen molar-refractivity contribution in [3.8, 4) is 23.0 Å². The second-order valence-corrected chi connectivity index (χ2v) is 12.6. The van der Waals surface area contributed by atoms with Crippen molar-refractivity contribution in [3.05, 3.63) is 47.7 Å². The number of hydrogen-bond donors (Lipinski definition) is 3. The number of carbonyl (C=O) groups is 1. The Morgan fingerprint density at radius 2 is 2.04 bits per heavy atom. The summed E-state index contributed by atoms with van der Waals surface area (Å²) in [7, 11) is 0. The molecule has 0 radical (unpaired) electrons. The number of aromatic nitrogens is 3. The molecule has 0 amide bonds. The summed E-state index contributed by atoms with van der Waals surface area (Å²) in [6.45, 7) is 3.51. The Morgan fingerprint density at radius 3 is 2.82 bits per heavy atom. The highest BCUT2D eigenvalue weighted by atomic mass is 19.1. The molecule has 4 heterocycles. The van der Waals surface area contributed by atoms with Crippen LogP contribution in [0, 0.1) is 23.5 Å². The Balaban J connectivity index is 1.30. The van der Waals surface area contributed by atoms with Crippen LogP contribution >= 0.6 is 0 Å². The van der Waals surface area contributed by atoms with Crippen molar-refractivity contribution in [1.29, 1.82) is 0 Å². The molecule has 12 heteroatoms. The van der Waals surface area contributed by atoms with Gasteiger partial charge < -0.3 is 20.3 Å². The van der Waals surface area contributed by atoms with Crippen LogP contribution in [-0.4, -0.2) is 74.0 Å². The molecule has 1 saturated carbocycles. The van der Waals surface area contributed by atoms with E-state index in [-0.39, 0.29) is 58.2 Å². The average molecular weight is 622 g/mol. The lowest BCUT2D eigenvalue weighted by molar-refractivity contribution is -0.146. The second kappa shape index (κ2) is 11.3. The van der Waals surface area contributed by atoms with E-state index in [9.17, 15) is 23.8 Å². The highest BCUT2D eigenvalue weighted by Crippen LogP contribution is 2.42. The SMILES string of the molecule is CCc1c(F)ccc2cc(O)cc(-c3ncc4c(NCC5CC(C(=O)O)C5)nc(OC[C@@]56CCCN5C[C@H](F)C6)nc4c3F)c12. The monoisotopic (exact) mass is 621 g/mol. The lowest BCUT2D eigenvalue weighted by atomic mass is 9.75. The maximum Gasteiger partial charge on any atom is 0.319 e. The molecule has 7 rings (SSSR count). The number of phenols is 1. The van der Waals surface area contributed by atoms with Gasteiger partial charge in [0.05, 0.1) is 16.8 Å². The van der Waals surface area contributed by atoms with E-state index in [1.165, 1.54) is 30.5 Å². The molecule has 3 N–H and O–H groups in total. The van der Waals surface area contributed by atoms with Gasteiger partial charge >= 0.3 is 12.0 Å². The summed E-state index contributed by atoms with van der Waals surface area (Å²) < 4.78 is 52.0. The predicted molar refractivity (Wildman–Crippen MR) is 162 cm³/mol. The minimum atomic E-state index is -0.943. The van der Waals surface area contributed by atoms with Gasteiger partial charge in [0.25, 0.3) is 0 Å². The van der Waals surface area contributed by atoms with Crippen molar-refractivity contribution in [2.75, 3.05) is 31.6 Å². The van der Waals surface area contributed by atoms with Gasteiger partial charge in [-0.25, -0.2) is 13.2 Å². The number of benzene rings is 2. The maximum absolute atomic E-state index is 16.6. The lowest BCUT2D eigenvalue weighted by Gasteiger charge is -2.32. The van der Waals surface area contributed by atoms with E-state index in [1.807, 2.05) is 0 Å². The fourth-order valence-electron chi connectivity index (χ4n) is 7.45. The van der Waals surface area contributed by atoms with Gasteiger partial charge in [0.15, 0.2) is 5.82 Å². The van der Waals surface area contributed by atoms with Crippen LogP contribution in [0.1, 0.15) is 44.6 Å². The zero-order valence-corrected chi connectivity index (χ0v) is 24.8. The van der Waals surface area contributed by atoms with E-state index in [0.29, 0.717) is 55.1 Å². The number of rotatable bonds is 9. The summed E-state index contributed by atoms with van der Waals surface area (Å²) in [5, 5.41) is 24.3. The molecule has 0 spiro atoms. The molecule has 3 aliphatic rings. The number of pyridine rings is 1. The number of anilines is 1. The summed E-state index contributed by atoms with van der Waals surface area (Å²) in [5.41, 5.74) is -0.0519. The third-order valence-corrected chi connectivity index (χ3v) is 9.80. The number of halogens is 3. The number of fused-ring (bicyclic) bond motifs is 3. The van der Waals surface area contributed by atoms with Gasteiger partial charge in [0.2, 0.25) is 0 Å². The van der Waals surface area contributed by atoms with Crippen molar-refractivity contribution in [1.82, 2.24) is 19.9 Å². The minimum Gasteiger partial charge on any atom is -0.508 e. The Hall–Kier alpha value is -4.19. The third-order valence-electron chi connectivity index (χ3n) is 9.80. The number of hydrogen-bond acceptors (Lipinski definition) is 8. The molecular weight excluding hydrogens is 587 g/mol. The average Bonchev–Trinajstić information content (AvgIpc) is 3.51. The molecule has 1 aliphatic carbocycles. The number of aromatic hydroxyl groups is 1. The largest absolute Gasteiger partial charge is 0.508 e. The van der Waals surface area contributed by atoms with Crippen LogP contribution < -0.4 is 10.1 Å². The molecule has 0 unspecified atom stereocenters. The maximum atomic E-state index is 16.6. The van der Waals surface area contributed by atoms with Crippen molar-refractivity contribution >= 4 is 33.5 Å². The smallest absolute Gasteiger partial charge is 0.319 e. The van der Waals surface area contributed by atoms with Crippen LogP contribution in [0.4, 0.5) is 19.0 Å². The van der Waals surface area contributed by atoms with Crippen LogP contribution in [-0.2, 0) is 11.2 Å². The van der Waals surface area contributed by atoms with Gasteiger partial charge in [-0.15, -0.1) is 0 Å². The number of aliphatic carboxylic acids is 1. The van der Waals surface area contributed by atoms with E-state index >= 15 is 4.39 Å². The Bertz CT molecular complexity index is 1820. The first kappa shape index (κ1) is 29.5. The molecule has 0 bridgehead atoms. The molecule has 9 nitrogen and oxygen atoms in total. The predicted octanol–water partition coefficient (Wildman–Crippen LogP) is 5.87. The minimum absolute atomic E-state index is 0.0777. The first-order valence-corrected chi connectivity index (χ1v) is 15.4. The van der Waals surface area contributed by atoms with Crippen LogP contribution in [0.3, 0.4) is 0 Å². The Kier molecular flexibility index (Phi) is 7.42. The van der Waals surface area contributed by atoms with Gasteiger partial charge in [0, 0.05) is 31.3 Å². The highest BCUT2D eigenvalue weighted by molar-refractivity contribution is 6.01. The van der Waals surface area contributed by atoms with Crippen LogP contribution in [0.5, 0.6) is 11.8 Å². The first-order valence-electron chi connectivity index (χ1n) is 15.4. The van der Waals surface area contributed by atoms with E-state index in [2.05, 4.69) is 25.2 Å². The number of nitrogens with one attached hydrogen (secondary N) is 1. The molecule has 2 aliphatic heterocycles.